The number of ether oxygens (including phenoxy) is 1. The van der Waals surface area contributed by atoms with E-state index in [0.29, 0.717) is 18.1 Å². The van der Waals surface area contributed by atoms with E-state index in [0.717, 1.165) is 23.1 Å². The van der Waals surface area contributed by atoms with Crippen LogP contribution in [0.3, 0.4) is 0 Å². The van der Waals surface area contributed by atoms with Gasteiger partial charge in [0.05, 0.1) is 25.3 Å². The van der Waals surface area contributed by atoms with Gasteiger partial charge in [-0.05, 0) is 44.0 Å². The number of nitrogens with one attached hydrogen (secondary N) is 1. The first-order valence-electron chi connectivity index (χ1n) is 7.06. The Bertz CT molecular complexity index is 797. The Balaban J connectivity index is 2.20. The molecule has 0 spiro atoms. The fraction of sp³-hybridized carbons (Fsp3) is 0.467. The minimum absolute atomic E-state index is 0.295. The Hall–Kier alpha value is -1.93. The van der Waals surface area contributed by atoms with E-state index < -0.39 is 15.6 Å². The number of sulfonamides is 1. The molecule has 0 radical (unpaired) electrons. The van der Waals surface area contributed by atoms with Crippen molar-refractivity contribution < 1.29 is 17.7 Å². The molecule has 0 amide bonds. The van der Waals surface area contributed by atoms with Gasteiger partial charge in [-0.25, -0.2) is 13.1 Å². The Kier molecular flexibility index (Phi) is 4.76. The predicted molar refractivity (Wildman–Crippen MR) is 85.8 cm³/mol. The van der Waals surface area contributed by atoms with Crippen LogP contribution >= 0.6 is 0 Å². The molecular weight excluding hydrogens is 318 g/mol. The normalized spacial score (nSPS) is 12.4. The molecule has 0 unspecified atom stereocenters. The second kappa shape index (κ2) is 6.29. The summed E-state index contributed by atoms with van der Waals surface area (Å²) in [6.07, 6.45) is 1.56. The van der Waals surface area contributed by atoms with E-state index in [1.165, 1.54) is 0 Å². The smallest absolute Gasteiger partial charge is 0.231 e. The van der Waals surface area contributed by atoms with Gasteiger partial charge >= 0.3 is 0 Å². The van der Waals surface area contributed by atoms with Crippen LogP contribution in [-0.2, 0) is 22.0 Å². The number of hydrogen-bond acceptors (Lipinski definition) is 6. The van der Waals surface area contributed by atoms with Crippen LogP contribution in [0.5, 0.6) is 5.75 Å². The van der Waals surface area contributed by atoms with Gasteiger partial charge in [0.2, 0.25) is 15.9 Å². The van der Waals surface area contributed by atoms with Crippen LogP contribution in [0, 0.1) is 6.92 Å². The summed E-state index contributed by atoms with van der Waals surface area (Å²) in [4.78, 5) is 4.31. The predicted octanol–water partition coefficient (Wildman–Crippen LogP) is 1.76. The van der Waals surface area contributed by atoms with Gasteiger partial charge < -0.3 is 9.26 Å². The molecule has 0 fully saturated rings. The quantitative estimate of drug-likeness (QED) is 0.862. The number of methoxy groups -OCH3 is 1. The van der Waals surface area contributed by atoms with Crippen LogP contribution in [0.15, 0.2) is 22.7 Å². The van der Waals surface area contributed by atoms with Crippen LogP contribution < -0.4 is 9.46 Å². The molecule has 8 heteroatoms. The lowest BCUT2D eigenvalue weighted by atomic mass is 10.1. The lowest BCUT2D eigenvalue weighted by Crippen LogP contribution is -2.41. The van der Waals surface area contributed by atoms with Crippen molar-refractivity contribution >= 4 is 10.0 Å². The molecule has 1 aromatic carbocycles. The zero-order chi connectivity index (χ0) is 17.3. The van der Waals surface area contributed by atoms with Crippen LogP contribution in [0.1, 0.15) is 36.7 Å². The van der Waals surface area contributed by atoms with Crippen molar-refractivity contribution in [2.75, 3.05) is 13.4 Å². The largest absolute Gasteiger partial charge is 0.497 e. The zero-order valence-corrected chi connectivity index (χ0v) is 14.7. The van der Waals surface area contributed by atoms with Gasteiger partial charge in [-0.3, -0.25) is 0 Å². The van der Waals surface area contributed by atoms with Crippen LogP contribution in [0.4, 0.5) is 0 Å². The van der Waals surface area contributed by atoms with Gasteiger partial charge in [0.25, 0.3) is 0 Å². The molecule has 2 rings (SSSR count). The topological polar surface area (TPSA) is 94.3 Å². The van der Waals surface area contributed by atoms with Crippen molar-refractivity contribution in [1.29, 1.82) is 0 Å². The zero-order valence-electron chi connectivity index (χ0n) is 13.9. The van der Waals surface area contributed by atoms with E-state index in [4.69, 9.17) is 9.26 Å². The molecule has 1 aromatic heterocycles. The summed E-state index contributed by atoms with van der Waals surface area (Å²) in [5.41, 5.74) is 1.15. The Morgan fingerprint density at radius 1 is 1.35 bits per heavy atom. The van der Waals surface area contributed by atoms with Gasteiger partial charge in [0, 0.05) is 0 Å². The van der Waals surface area contributed by atoms with E-state index in [9.17, 15) is 8.42 Å². The monoisotopic (exact) mass is 339 g/mol. The first kappa shape index (κ1) is 17.4. The maximum Gasteiger partial charge on any atom is 0.231 e. The highest BCUT2D eigenvalue weighted by molar-refractivity contribution is 7.88. The molecule has 0 atom stereocenters. The van der Waals surface area contributed by atoms with Crippen molar-refractivity contribution in [3.05, 3.63) is 41.0 Å². The number of hydrogen-bond donors (Lipinski definition) is 1. The maximum absolute atomic E-state index is 11.4. The molecule has 23 heavy (non-hydrogen) atoms. The van der Waals surface area contributed by atoms with Crippen molar-refractivity contribution in [1.82, 2.24) is 14.9 Å². The second-order valence-corrected chi connectivity index (χ2v) is 7.73. The highest BCUT2D eigenvalue weighted by Crippen LogP contribution is 2.21. The molecule has 0 aliphatic rings. The molecule has 0 saturated heterocycles. The van der Waals surface area contributed by atoms with E-state index in [2.05, 4.69) is 14.9 Å². The molecule has 0 aliphatic carbocycles. The lowest BCUT2D eigenvalue weighted by molar-refractivity contribution is 0.358. The fourth-order valence-corrected chi connectivity index (χ4v) is 3.26. The number of benzene rings is 1. The first-order chi connectivity index (χ1) is 10.6. The van der Waals surface area contributed by atoms with Crippen LogP contribution in [0.25, 0.3) is 0 Å². The summed E-state index contributed by atoms with van der Waals surface area (Å²) in [5, 5.41) is 3.89. The molecule has 126 valence electrons. The van der Waals surface area contributed by atoms with Crippen LogP contribution in [-0.4, -0.2) is 31.9 Å². The standard InChI is InChI=1S/C15H21N3O4S/c1-10-8-12(21-4)7-6-11(10)9-13-16-14(17-22-13)15(2,3)18-23(5,19)20/h6-8,18H,9H2,1-5H3. The molecule has 1 N–H and O–H groups in total. The third-order valence-corrected chi connectivity index (χ3v) is 4.24. The van der Waals surface area contributed by atoms with Crippen molar-refractivity contribution in [2.24, 2.45) is 0 Å². The minimum Gasteiger partial charge on any atom is -0.497 e. The average Bonchev–Trinajstić information content (AvgIpc) is 2.88. The summed E-state index contributed by atoms with van der Waals surface area (Å²) in [6.45, 7) is 5.34. The van der Waals surface area contributed by atoms with Crippen molar-refractivity contribution in [3.8, 4) is 5.75 Å². The van der Waals surface area contributed by atoms with Gasteiger partial charge in [-0.15, -0.1) is 0 Å². The third kappa shape index (κ3) is 4.52. The number of aryl methyl sites for hydroxylation is 1. The highest BCUT2D eigenvalue weighted by atomic mass is 32.2. The van der Waals surface area contributed by atoms with E-state index in [1.54, 1.807) is 21.0 Å². The third-order valence-electron chi connectivity index (χ3n) is 3.36. The van der Waals surface area contributed by atoms with Crippen LogP contribution in [0.2, 0.25) is 0 Å². The van der Waals surface area contributed by atoms with E-state index in [-0.39, 0.29) is 0 Å². The van der Waals surface area contributed by atoms with E-state index >= 15 is 0 Å². The Morgan fingerprint density at radius 3 is 2.61 bits per heavy atom. The second-order valence-electron chi connectivity index (χ2n) is 5.98. The summed E-state index contributed by atoms with van der Waals surface area (Å²) >= 11 is 0. The van der Waals surface area contributed by atoms with Gasteiger partial charge in [0.15, 0.2) is 5.82 Å². The molecule has 2 aromatic rings. The number of rotatable bonds is 6. The van der Waals surface area contributed by atoms with Gasteiger partial charge in [0.1, 0.15) is 5.75 Å². The SMILES string of the molecule is COc1ccc(Cc2nc(C(C)(C)NS(C)(=O)=O)no2)c(C)c1. The maximum atomic E-state index is 11.4. The summed E-state index contributed by atoms with van der Waals surface area (Å²) in [5.74, 6) is 1.51. The lowest BCUT2D eigenvalue weighted by Gasteiger charge is -2.20. The first-order valence-corrected chi connectivity index (χ1v) is 8.95. The fourth-order valence-electron chi connectivity index (χ4n) is 2.25. The van der Waals surface area contributed by atoms with Gasteiger partial charge in [-0.2, -0.15) is 4.98 Å². The Labute approximate surface area is 136 Å². The van der Waals surface area contributed by atoms with Crippen molar-refractivity contribution in [2.45, 2.75) is 32.7 Å². The summed E-state index contributed by atoms with van der Waals surface area (Å²) in [6, 6.07) is 5.74. The molecule has 0 aliphatic heterocycles. The average molecular weight is 339 g/mol. The Morgan fingerprint density at radius 2 is 2.04 bits per heavy atom. The molecule has 0 bridgehead atoms. The highest BCUT2D eigenvalue weighted by Gasteiger charge is 2.30. The van der Waals surface area contributed by atoms with Gasteiger partial charge in [-0.1, -0.05) is 11.2 Å². The minimum atomic E-state index is -3.38. The number of nitrogens with zero attached hydrogens (tertiary/aromatic N) is 2. The number of aromatic nitrogens is 2. The molecule has 1 heterocycles. The summed E-state index contributed by atoms with van der Waals surface area (Å²) < 4.78 is 35.7. The molecule has 7 nitrogen and oxygen atoms in total. The summed E-state index contributed by atoms with van der Waals surface area (Å²) in [7, 11) is -1.76. The van der Waals surface area contributed by atoms with Crippen molar-refractivity contribution in [3.63, 3.8) is 0 Å². The molecular formula is C15H21N3O4S. The van der Waals surface area contributed by atoms with E-state index in [1.807, 2.05) is 25.1 Å². The molecule has 0 saturated carbocycles.